The van der Waals surface area contributed by atoms with Gasteiger partial charge < -0.3 is 20.1 Å². The van der Waals surface area contributed by atoms with Gasteiger partial charge in [0.25, 0.3) is 0 Å². The summed E-state index contributed by atoms with van der Waals surface area (Å²) in [5.74, 6) is 1.37. The highest BCUT2D eigenvalue weighted by molar-refractivity contribution is 5.76. The van der Waals surface area contributed by atoms with E-state index in [1.165, 1.54) is 25.7 Å². The third kappa shape index (κ3) is 4.93. The Balaban J connectivity index is 1.19. The summed E-state index contributed by atoms with van der Waals surface area (Å²) in [5.41, 5.74) is 0. The Hall–Kier alpha value is -0.650. The summed E-state index contributed by atoms with van der Waals surface area (Å²) in [6, 6.07) is 1.34. The second-order valence-electron chi connectivity index (χ2n) is 7.19. The molecule has 0 aromatic carbocycles. The van der Waals surface area contributed by atoms with Crippen molar-refractivity contribution in [3.8, 4) is 0 Å². The van der Waals surface area contributed by atoms with Gasteiger partial charge in [-0.15, -0.1) is 0 Å². The molecule has 0 saturated carbocycles. The van der Waals surface area contributed by atoms with Crippen molar-refractivity contribution >= 4 is 5.91 Å². The van der Waals surface area contributed by atoms with Gasteiger partial charge in [0.15, 0.2) is 0 Å². The van der Waals surface area contributed by atoms with Crippen LogP contribution >= 0.6 is 0 Å². The molecule has 22 heavy (non-hydrogen) atoms. The van der Waals surface area contributed by atoms with Crippen molar-refractivity contribution in [3.05, 3.63) is 0 Å². The van der Waals surface area contributed by atoms with Gasteiger partial charge in [-0.3, -0.25) is 4.79 Å². The monoisotopic (exact) mass is 310 g/mol. The number of ether oxygens (including phenoxy) is 2. The first-order chi connectivity index (χ1) is 10.8. The van der Waals surface area contributed by atoms with Crippen molar-refractivity contribution in [2.24, 2.45) is 11.8 Å². The summed E-state index contributed by atoms with van der Waals surface area (Å²) in [6.45, 7) is 3.98. The summed E-state index contributed by atoms with van der Waals surface area (Å²) in [5, 5.41) is 6.67. The summed E-state index contributed by atoms with van der Waals surface area (Å²) in [4.78, 5) is 12.0. The predicted molar refractivity (Wildman–Crippen MR) is 84.7 cm³/mol. The predicted octanol–water partition coefficient (Wildman–Crippen LogP) is 1.47. The van der Waals surface area contributed by atoms with E-state index in [0.717, 1.165) is 45.8 Å². The molecule has 3 aliphatic heterocycles. The fraction of sp³-hybridized carbons (Fsp3) is 0.941. The van der Waals surface area contributed by atoms with Crippen LogP contribution < -0.4 is 10.6 Å². The average molecular weight is 310 g/mol. The van der Waals surface area contributed by atoms with Gasteiger partial charge in [0.2, 0.25) is 5.91 Å². The Morgan fingerprint density at radius 2 is 2.00 bits per heavy atom. The lowest BCUT2D eigenvalue weighted by Crippen LogP contribution is -2.39. The fourth-order valence-corrected chi connectivity index (χ4v) is 4.04. The number of amides is 1. The zero-order valence-electron chi connectivity index (χ0n) is 13.5. The van der Waals surface area contributed by atoms with E-state index in [1.807, 2.05) is 0 Å². The Labute approximate surface area is 133 Å². The highest BCUT2D eigenvalue weighted by atomic mass is 16.5. The molecule has 5 heteroatoms. The molecule has 3 saturated heterocycles. The van der Waals surface area contributed by atoms with Crippen molar-refractivity contribution in [2.45, 2.75) is 57.0 Å². The number of carbonyl (C=O) groups is 1. The van der Waals surface area contributed by atoms with Crippen LogP contribution in [-0.2, 0) is 14.3 Å². The quantitative estimate of drug-likeness (QED) is 0.667. The van der Waals surface area contributed by atoms with Gasteiger partial charge >= 0.3 is 0 Å². The van der Waals surface area contributed by atoms with E-state index < -0.39 is 0 Å². The maximum atomic E-state index is 12.0. The second kappa shape index (κ2) is 8.27. The Morgan fingerprint density at radius 1 is 1.18 bits per heavy atom. The SMILES string of the molecule is O=C(CC1CC2CCC(C1)N2)NCCCOCC1CCOC1. The van der Waals surface area contributed by atoms with Gasteiger partial charge in [0.1, 0.15) is 0 Å². The van der Waals surface area contributed by atoms with Gasteiger partial charge in [-0.2, -0.15) is 0 Å². The largest absolute Gasteiger partial charge is 0.381 e. The minimum atomic E-state index is 0.218. The van der Waals surface area contributed by atoms with Crippen LogP contribution in [0, 0.1) is 11.8 Å². The molecule has 3 fully saturated rings. The lowest BCUT2D eigenvalue weighted by Gasteiger charge is -2.28. The number of carbonyl (C=O) groups excluding carboxylic acids is 1. The maximum Gasteiger partial charge on any atom is 0.220 e. The van der Waals surface area contributed by atoms with E-state index in [0.29, 0.717) is 30.3 Å². The molecule has 3 heterocycles. The van der Waals surface area contributed by atoms with E-state index >= 15 is 0 Å². The molecule has 126 valence electrons. The van der Waals surface area contributed by atoms with Crippen LogP contribution in [0.5, 0.6) is 0 Å². The molecule has 2 bridgehead atoms. The third-order valence-electron chi connectivity index (χ3n) is 5.21. The number of piperidine rings is 1. The van der Waals surface area contributed by atoms with Gasteiger partial charge in [-0.1, -0.05) is 0 Å². The standard InChI is InChI=1S/C17H30N2O3/c20-17(10-14-8-15-2-3-16(9-14)19-15)18-5-1-6-21-11-13-4-7-22-12-13/h13-16,19H,1-12H2,(H,18,20). The summed E-state index contributed by atoms with van der Waals surface area (Å²) in [7, 11) is 0. The van der Waals surface area contributed by atoms with Crippen molar-refractivity contribution in [1.82, 2.24) is 10.6 Å². The Kier molecular flexibility index (Phi) is 6.10. The first-order valence-electron chi connectivity index (χ1n) is 8.98. The Morgan fingerprint density at radius 3 is 2.73 bits per heavy atom. The second-order valence-corrected chi connectivity index (χ2v) is 7.19. The number of nitrogens with one attached hydrogen (secondary N) is 2. The maximum absolute atomic E-state index is 12.0. The first kappa shape index (κ1) is 16.2. The van der Waals surface area contributed by atoms with Crippen molar-refractivity contribution in [3.63, 3.8) is 0 Å². The summed E-state index contributed by atoms with van der Waals surface area (Å²) < 4.78 is 11.0. The van der Waals surface area contributed by atoms with Crippen LogP contribution in [0.4, 0.5) is 0 Å². The van der Waals surface area contributed by atoms with Crippen LogP contribution in [-0.4, -0.2) is 51.0 Å². The van der Waals surface area contributed by atoms with Crippen LogP contribution in [0.15, 0.2) is 0 Å². The normalized spacial score (nSPS) is 34.0. The molecule has 0 aromatic heterocycles. The summed E-state index contributed by atoms with van der Waals surface area (Å²) in [6.07, 6.45) is 7.67. The molecule has 3 atom stereocenters. The molecule has 3 rings (SSSR count). The topological polar surface area (TPSA) is 59.6 Å². The zero-order chi connectivity index (χ0) is 15.2. The first-order valence-corrected chi connectivity index (χ1v) is 8.98. The van der Waals surface area contributed by atoms with Gasteiger partial charge in [0.05, 0.1) is 13.2 Å². The molecular weight excluding hydrogens is 280 g/mol. The van der Waals surface area contributed by atoms with E-state index in [9.17, 15) is 4.79 Å². The molecule has 3 unspecified atom stereocenters. The molecule has 5 nitrogen and oxygen atoms in total. The van der Waals surface area contributed by atoms with Gasteiger partial charge in [-0.05, 0) is 44.4 Å². The van der Waals surface area contributed by atoms with Crippen molar-refractivity contribution in [1.29, 1.82) is 0 Å². The number of hydrogen-bond acceptors (Lipinski definition) is 4. The molecular formula is C17H30N2O3. The zero-order valence-corrected chi connectivity index (χ0v) is 13.5. The molecule has 3 aliphatic rings. The van der Waals surface area contributed by atoms with E-state index in [1.54, 1.807) is 0 Å². The molecule has 2 N–H and O–H groups in total. The molecule has 1 amide bonds. The van der Waals surface area contributed by atoms with E-state index in [2.05, 4.69) is 10.6 Å². The third-order valence-corrected chi connectivity index (χ3v) is 5.21. The number of hydrogen-bond donors (Lipinski definition) is 2. The molecule has 0 spiro atoms. The van der Waals surface area contributed by atoms with Crippen molar-refractivity contribution < 1.29 is 14.3 Å². The number of fused-ring (bicyclic) bond motifs is 2. The Bertz CT molecular complexity index is 346. The molecule has 0 aromatic rings. The highest BCUT2D eigenvalue weighted by Crippen LogP contribution is 2.32. The molecule has 0 radical (unpaired) electrons. The minimum Gasteiger partial charge on any atom is -0.381 e. The smallest absolute Gasteiger partial charge is 0.220 e. The average Bonchev–Trinajstić information content (AvgIpc) is 3.12. The molecule has 0 aliphatic carbocycles. The number of rotatable bonds is 8. The van der Waals surface area contributed by atoms with Gasteiger partial charge in [-0.25, -0.2) is 0 Å². The lowest BCUT2D eigenvalue weighted by molar-refractivity contribution is -0.122. The lowest BCUT2D eigenvalue weighted by atomic mass is 9.89. The highest BCUT2D eigenvalue weighted by Gasteiger charge is 2.34. The van der Waals surface area contributed by atoms with Crippen LogP contribution in [0.25, 0.3) is 0 Å². The summed E-state index contributed by atoms with van der Waals surface area (Å²) >= 11 is 0. The van der Waals surface area contributed by atoms with Gasteiger partial charge in [0, 0.05) is 44.2 Å². The fourth-order valence-electron chi connectivity index (χ4n) is 4.04. The van der Waals surface area contributed by atoms with E-state index in [4.69, 9.17) is 9.47 Å². The van der Waals surface area contributed by atoms with E-state index in [-0.39, 0.29) is 5.91 Å². The minimum absolute atomic E-state index is 0.218. The van der Waals surface area contributed by atoms with Crippen LogP contribution in [0.2, 0.25) is 0 Å². The van der Waals surface area contributed by atoms with Crippen molar-refractivity contribution in [2.75, 3.05) is 33.0 Å². The van der Waals surface area contributed by atoms with Crippen LogP contribution in [0.1, 0.15) is 44.9 Å². The van der Waals surface area contributed by atoms with Crippen LogP contribution in [0.3, 0.4) is 0 Å².